The summed E-state index contributed by atoms with van der Waals surface area (Å²) < 4.78 is 5.70. The van der Waals surface area contributed by atoms with Crippen molar-refractivity contribution in [3.63, 3.8) is 0 Å². The first-order chi connectivity index (χ1) is 16.6. The average molecular weight is 459 g/mol. The van der Waals surface area contributed by atoms with Crippen LogP contribution in [0, 0.1) is 5.92 Å². The lowest BCUT2D eigenvalue weighted by molar-refractivity contribution is -0.126. The quantitative estimate of drug-likeness (QED) is 0.411. The number of imide groups is 1. The lowest BCUT2D eigenvalue weighted by atomic mass is 9.90. The van der Waals surface area contributed by atoms with E-state index < -0.39 is 24.0 Å². The number of hydrogen-bond acceptors (Lipinski definition) is 6. The number of aromatic hydroxyl groups is 1. The molecule has 0 spiro atoms. The summed E-state index contributed by atoms with van der Waals surface area (Å²) in [5.41, 5.74) is 1.70. The zero-order chi connectivity index (χ0) is 23.7. The van der Waals surface area contributed by atoms with Crippen LogP contribution in [0.2, 0.25) is 0 Å². The van der Waals surface area contributed by atoms with Crippen molar-refractivity contribution in [3.8, 4) is 11.5 Å². The molecular formula is C27H26N2O5. The molecule has 34 heavy (non-hydrogen) atoms. The van der Waals surface area contributed by atoms with Crippen LogP contribution in [0.3, 0.4) is 0 Å². The number of carbonyl (C=O) groups excluding carboxylic acids is 2. The molecule has 0 saturated carbocycles. The van der Waals surface area contributed by atoms with Crippen molar-refractivity contribution in [3.05, 3.63) is 84.4 Å². The van der Waals surface area contributed by atoms with Crippen LogP contribution >= 0.6 is 0 Å². The van der Waals surface area contributed by atoms with E-state index in [1.165, 1.54) is 4.90 Å². The first kappa shape index (κ1) is 22.0. The molecule has 0 bridgehead atoms. The molecule has 2 aliphatic heterocycles. The fourth-order valence-electron chi connectivity index (χ4n) is 4.55. The molecule has 2 heterocycles. The molecule has 3 aromatic carbocycles. The number of carbonyl (C=O) groups is 2. The molecular weight excluding hydrogens is 432 g/mol. The van der Waals surface area contributed by atoms with Gasteiger partial charge in [0.1, 0.15) is 17.4 Å². The number of amides is 2. The third kappa shape index (κ3) is 3.78. The van der Waals surface area contributed by atoms with Crippen molar-refractivity contribution in [2.75, 3.05) is 16.6 Å². The molecule has 2 amide bonds. The SMILES string of the molecule is CCCCOc1ccc(N2C(=O)C3ON(c4ccccc4)C(c4ccccc4O)C3C2=O)cc1. The van der Waals surface area contributed by atoms with Crippen molar-refractivity contribution in [2.24, 2.45) is 5.92 Å². The summed E-state index contributed by atoms with van der Waals surface area (Å²) in [6.45, 7) is 2.71. The highest BCUT2D eigenvalue weighted by Gasteiger charge is 2.60. The second-order valence-corrected chi connectivity index (χ2v) is 8.42. The third-order valence-electron chi connectivity index (χ3n) is 6.24. The number of phenols is 1. The van der Waals surface area contributed by atoms with Gasteiger partial charge in [-0.2, -0.15) is 0 Å². The third-order valence-corrected chi connectivity index (χ3v) is 6.24. The number of anilines is 2. The molecule has 2 aliphatic rings. The first-order valence-electron chi connectivity index (χ1n) is 11.5. The monoisotopic (exact) mass is 458 g/mol. The number of para-hydroxylation sites is 2. The van der Waals surface area contributed by atoms with E-state index in [0.717, 1.165) is 12.8 Å². The lowest BCUT2D eigenvalue weighted by Gasteiger charge is -2.29. The van der Waals surface area contributed by atoms with Crippen molar-refractivity contribution >= 4 is 23.2 Å². The highest BCUT2D eigenvalue weighted by molar-refractivity contribution is 6.24. The summed E-state index contributed by atoms with van der Waals surface area (Å²) in [5, 5.41) is 12.2. The molecule has 2 fully saturated rings. The van der Waals surface area contributed by atoms with Gasteiger partial charge in [-0.15, -0.1) is 0 Å². The Bertz CT molecular complexity index is 1180. The van der Waals surface area contributed by atoms with Gasteiger partial charge in [-0.1, -0.05) is 49.7 Å². The summed E-state index contributed by atoms with van der Waals surface area (Å²) in [6, 6.07) is 22.4. The van der Waals surface area contributed by atoms with Crippen LogP contribution in [0.5, 0.6) is 11.5 Å². The van der Waals surface area contributed by atoms with E-state index >= 15 is 0 Å². The number of rotatable bonds is 7. The van der Waals surface area contributed by atoms with Gasteiger partial charge in [-0.25, -0.2) is 9.96 Å². The molecule has 1 N–H and O–H groups in total. The first-order valence-corrected chi connectivity index (χ1v) is 11.5. The zero-order valence-corrected chi connectivity index (χ0v) is 18.8. The van der Waals surface area contributed by atoms with Crippen molar-refractivity contribution in [2.45, 2.75) is 31.9 Å². The van der Waals surface area contributed by atoms with E-state index in [-0.39, 0.29) is 11.7 Å². The number of ether oxygens (including phenoxy) is 1. The van der Waals surface area contributed by atoms with E-state index in [2.05, 4.69) is 6.92 Å². The van der Waals surface area contributed by atoms with E-state index in [0.29, 0.717) is 29.3 Å². The highest BCUT2D eigenvalue weighted by atomic mass is 16.7. The molecule has 5 rings (SSSR count). The maximum absolute atomic E-state index is 13.7. The van der Waals surface area contributed by atoms with E-state index in [9.17, 15) is 14.7 Å². The van der Waals surface area contributed by atoms with Crippen molar-refractivity contribution < 1.29 is 24.3 Å². The molecule has 7 nitrogen and oxygen atoms in total. The van der Waals surface area contributed by atoms with Crippen LogP contribution in [0.15, 0.2) is 78.9 Å². The summed E-state index contributed by atoms with van der Waals surface area (Å²) in [7, 11) is 0. The normalized spacial score (nSPS) is 21.7. The van der Waals surface area contributed by atoms with Gasteiger partial charge >= 0.3 is 0 Å². The fourth-order valence-corrected chi connectivity index (χ4v) is 4.55. The Labute approximate surface area is 198 Å². The Balaban J connectivity index is 1.47. The van der Waals surface area contributed by atoms with Crippen LogP contribution in [-0.2, 0) is 14.4 Å². The molecule has 3 aromatic rings. The van der Waals surface area contributed by atoms with Crippen LogP contribution < -0.4 is 14.7 Å². The maximum atomic E-state index is 13.7. The minimum Gasteiger partial charge on any atom is -0.508 e. The summed E-state index contributed by atoms with van der Waals surface area (Å²) in [6.07, 6.45) is 1.00. The molecule has 0 radical (unpaired) electrons. The minimum absolute atomic E-state index is 0.0463. The Morgan fingerprint density at radius 2 is 1.59 bits per heavy atom. The molecule has 3 atom stereocenters. The number of nitrogens with zero attached hydrogens (tertiary/aromatic N) is 2. The van der Waals surface area contributed by atoms with E-state index in [4.69, 9.17) is 9.57 Å². The molecule has 7 heteroatoms. The predicted octanol–water partition coefficient (Wildman–Crippen LogP) is 4.62. The van der Waals surface area contributed by atoms with E-state index in [1.807, 2.05) is 30.3 Å². The predicted molar refractivity (Wildman–Crippen MR) is 127 cm³/mol. The number of unbranched alkanes of at least 4 members (excludes halogenated alkanes) is 1. The van der Waals surface area contributed by atoms with Gasteiger partial charge in [-0.3, -0.25) is 14.4 Å². The second-order valence-electron chi connectivity index (χ2n) is 8.42. The van der Waals surface area contributed by atoms with Gasteiger partial charge in [0.05, 0.1) is 24.0 Å². The minimum atomic E-state index is -0.988. The van der Waals surface area contributed by atoms with E-state index in [1.54, 1.807) is 53.6 Å². The van der Waals surface area contributed by atoms with Crippen LogP contribution in [0.25, 0.3) is 0 Å². The smallest absolute Gasteiger partial charge is 0.266 e. The Kier molecular flexibility index (Phi) is 5.94. The second kappa shape index (κ2) is 9.19. The van der Waals surface area contributed by atoms with Gasteiger partial charge in [0.25, 0.3) is 5.91 Å². The fraction of sp³-hybridized carbons (Fsp3) is 0.259. The van der Waals surface area contributed by atoms with Gasteiger partial charge in [0.15, 0.2) is 6.10 Å². The topological polar surface area (TPSA) is 79.3 Å². The molecule has 0 aromatic heterocycles. The van der Waals surface area contributed by atoms with Crippen LogP contribution in [-0.4, -0.2) is 29.6 Å². The van der Waals surface area contributed by atoms with Gasteiger partial charge in [0.2, 0.25) is 5.91 Å². The van der Waals surface area contributed by atoms with Gasteiger partial charge < -0.3 is 9.84 Å². The molecule has 0 aliphatic carbocycles. The summed E-state index contributed by atoms with van der Waals surface area (Å²) in [5.74, 6) is -0.851. The van der Waals surface area contributed by atoms with Crippen LogP contribution in [0.1, 0.15) is 31.4 Å². The summed E-state index contributed by atoms with van der Waals surface area (Å²) >= 11 is 0. The lowest BCUT2D eigenvalue weighted by Crippen LogP contribution is -2.37. The number of phenolic OH excluding ortho intramolecular Hbond substituents is 1. The van der Waals surface area contributed by atoms with Crippen molar-refractivity contribution in [1.29, 1.82) is 0 Å². The Morgan fingerprint density at radius 3 is 2.29 bits per heavy atom. The molecule has 174 valence electrons. The number of benzene rings is 3. The summed E-state index contributed by atoms with van der Waals surface area (Å²) in [4.78, 5) is 34.3. The maximum Gasteiger partial charge on any atom is 0.266 e. The molecule has 2 saturated heterocycles. The average Bonchev–Trinajstić information content (AvgIpc) is 3.36. The van der Waals surface area contributed by atoms with Gasteiger partial charge in [-0.05, 0) is 48.9 Å². The largest absolute Gasteiger partial charge is 0.508 e. The Morgan fingerprint density at radius 1 is 0.882 bits per heavy atom. The van der Waals surface area contributed by atoms with Crippen molar-refractivity contribution in [1.82, 2.24) is 0 Å². The molecule has 3 unspecified atom stereocenters. The number of hydroxylamine groups is 1. The number of fused-ring (bicyclic) bond motifs is 1. The Hall–Kier alpha value is -3.84. The van der Waals surface area contributed by atoms with Gasteiger partial charge in [0, 0.05) is 5.56 Å². The zero-order valence-electron chi connectivity index (χ0n) is 18.8. The standard InChI is InChI=1S/C27H26N2O5/c1-2-3-17-33-20-15-13-18(14-16-20)28-26(31)23-24(21-11-7-8-12-22(21)30)29(34-25(23)27(28)32)19-9-5-4-6-10-19/h4-16,23-25,30H,2-3,17H2,1H3. The number of hydrogen-bond donors (Lipinski definition) is 1. The van der Waals surface area contributed by atoms with Crippen LogP contribution in [0.4, 0.5) is 11.4 Å². The highest BCUT2D eigenvalue weighted by Crippen LogP contribution is 2.49.